The molecule has 0 spiro atoms. The van der Waals surface area contributed by atoms with Crippen molar-refractivity contribution in [1.82, 2.24) is 4.98 Å². The lowest BCUT2D eigenvalue weighted by molar-refractivity contribution is -0.276. The molecule has 0 bridgehead atoms. The Balaban J connectivity index is 3.10. The summed E-state index contributed by atoms with van der Waals surface area (Å²) < 4.78 is 44.7. The Morgan fingerprint density at radius 3 is 2.50 bits per heavy atom. The molecule has 1 heterocycles. The lowest BCUT2D eigenvalue weighted by Crippen LogP contribution is -2.18. The summed E-state index contributed by atoms with van der Waals surface area (Å²) in [6.45, 7) is 1.62. The van der Waals surface area contributed by atoms with Gasteiger partial charge in [-0.2, -0.15) is 0 Å². The SMILES string of the molecule is COc1c(C)cc(OC(F)(F)F)nc1CBr. The molecule has 16 heavy (non-hydrogen) atoms. The highest BCUT2D eigenvalue weighted by Crippen LogP contribution is 2.29. The lowest BCUT2D eigenvalue weighted by atomic mass is 10.2. The summed E-state index contributed by atoms with van der Waals surface area (Å²) in [7, 11) is 1.43. The number of aryl methyl sites for hydroxylation is 1. The monoisotopic (exact) mass is 299 g/mol. The number of aromatic nitrogens is 1. The van der Waals surface area contributed by atoms with E-state index >= 15 is 0 Å². The van der Waals surface area contributed by atoms with Gasteiger partial charge >= 0.3 is 6.36 Å². The van der Waals surface area contributed by atoms with Crippen LogP contribution in [0.25, 0.3) is 0 Å². The molecule has 0 aliphatic heterocycles. The summed E-state index contributed by atoms with van der Waals surface area (Å²) in [6, 6.07) is 1.18. The fraction of sp³-hybridized carbons (Fsp3) is 0.444. The van der Waals surface area contributed by atoms with Gasteiger partial charge in [0.1, 0.15) is 5.75 Å². The largest absolute Gasteiger partial charge is 0.574 e. The fourth-order valence-electron chi connectivity index (χ4n) is 1.23. The van der Waals surface area contributed by atoms with Crippen LogP contribution in [0, 0.1) is 6.92 Å². The van der Waals surface area contributed by atoms with Crippen molar-refractivity contribution in [3.05, 3.63) is 17.3 Å². The van der Waals surface area contributed by atoms with Crippen molar-refractivity contribution < 1.29 is 22.6 Å². The van der Waals surface area contributed by atoms with E-state index in [-0.39, 0.29) is 5.33 Å². The third-order valence-electron chi connectivity index (χ3n) is 1.76. The molecule has 0 amide bonds. The van der Waals surface area contributed by atoms with Crippen LogP contribution in [-0.2, 0) is 5.33 Å². The Hall–Kier alpha value is -0.980. The molecule has 0 unspecified atom stereocenters. The van der Waals surface area contributed by atoms with Gasteiger partial charge in [-0.3, -0.25) is 0 Å². The summed E-state index contributed by atoms with van der Waals surface area (Å²) in [5, 5.41) is 0.284. The van der Waals surface area contributed by atoms with Gasteiger partial charge in [0.25, 0.3) is 0 Å². The van der Waals surface area contributed by atoms with E-state index in [0.29, 0.717) is 17.0 Å². The Morgan fingerprint density at radius 1 is 1.44 bits per heavy atom. The maximum Gasteiger partial charge on any atom is 0.574 e. The third kappa shape index (κ3) is 3.26. The van der Waals surface area contributed by atoms with Crippen LogP contribution < -0.4 is 9.47 Å². The van der Waals surface area contributed by atoms with E-state index in [1.807, 2.05) is 0 Å². The van der Waals surface area contributed by atoms with Crippen molar-refractivity contribution in [3.63, 3.8) is 0 Å². The zero-order valence-corrected chi connectivity index (χ0v) is 10.1. The molecule has 0 aromatic carbocycles. The van der Waals surface area contributed by atoms with Gasteiger partial charge in [-0.25, -0.2) is 4.98 Å². The van der Waals surface area contributed by atoms with Crippen LogP contribution in [0.1, 0.15) is 11.3 Å². The molecular formula is C9H9BrF3NO2. The van der Waals surface area contributed by atoms with E-state index in [1.54, 1.807) is 6.92 Å². The van der Waals surface area contributed by atoms with E-state index in [9.17, 15) is 13.2 Å². The van der Waals surface area contributed by atoms with E-state index in [4.69, 9.17) is 4.74 Å². The van der Waals surface area contributed by atoms with Crippen molar-refractivity contribution in [2.75, 3.05) is 7.11 Å². The van der Waals surface area contributed by atoms with Crippen molar-refractivity contribution >= 4 is 15.9 Å². The standard InChI is InChI=1S/C9H9BrF3NO2/c1-5-3-7(16-9(11,12)13)14-6(4-10)8(5)15-2/h3H,4H2,1-2H3. The number of nitrogens with zero attached hydrogens (tertiary/aromatic N) is 1. The zero-order valence-electron chi connectivity index (χ0n) is 8.56. The minimum absolute atomic E-state index is 0.284. The smallest absolute Gasteiger partial charge is 0.495 e. The Bertz CT molecular complexity index is 382. The highest BCUT2D eigenvalue weighted by molar-refractivity contribution is 9.08. The average Bonchev–Trinajstić information content (AvgIpc) is 2.14. The zero-order chi connectivity index (χ0) is 12.3. The molecule has 0 N–H and O–H groups in total. The van der Waals surface area contributed by atoms with Crippen molar-refractivity contribution in [3.8, 4) is 11.6 Å². The second kappa shape index (κ2) is 4.90. The quantitative estimate of drug-likeness (QED) is 0.803. The minimum atomic E-state index is -4.74. The Morgan fingerprint density at radius 2 is 2.06 bits per heavy atom. The number of pyridine rings is 1. The van der Waals surface area contributed by atoms with E-state index < -0.39 is 12.2 Å². The highest BCUT2D eigenvalue weighted by atomic mass is 79.9. The molecule has 0 radical (unpaired) electrons. The maximum absolute atomic E-state index is 12.0. The molecule has 0 atom stereocenters. The van der Waals surface area contributed by atoms with Gasteiger partial charge in [-0.1, -0.05) is 15.9 Å². The van der Waals surface area contributed by atoms with Gasteiger partial charge in [0.2, 0.25) is 5.88 Å². The number of ether oxygens (including phenoxy) is 2. The molecule has 0 aliphatic rings. The maximum atomic E-state index is 12.0. The van der Waals surface area contributed by atoms with Crippen LogP contribution in [0.5, 0.6) is 11.6 Å². The number of hydrogen-bond donors (Lipinski definition) is 0. The number of rotatable bonds is 3. The van der Waals surface area contributed by atoms with Gasteiger partial charge in [0, 0.05) is 11.4 Å². The first-order chi connectivity index (χ1) is 7.37. The summed E-state index contributed by atoms with van der Waals surface area (Å²) in [4.78, 5) is 3.69. The van der Waals surface area contributed by atoms with Crippen LogP contribution in [-0.4, -0.2) is 18.5 Å². The molecule has 0 saturated carbocycles. The molecular weight excluding hydrogens is 291 g/mol. The third-order valence-corrected chi connectivity index (χ3v) is 2.29. The summed E-state index contributed by atoms with van der Waals surface area (Å²) in [5.74, 6) is -0.0355. The molecule has 0 saturated heterocycles. The van der Waals surface area contributed by atoms with Crippen molar-refractivity contribution in [2.45, 2.75) is 18.6 Å². The summed E-state index contributed by atoms with van der Waals surface area (Å²) >= 11 is 3.12. The van der Waals surface area contributed by atoms with Gasteiger partial charge in [0.15, 0.2) is 0 Å². The number of hydrogen-bond acceptors (Lipinski definition) is 3. The Kier molecular flexibility index (Phi) is 4.01. The van der Waals surface area contributed by atoms with Crippen LogP contribution in [0.4, 0.5) is 13.2 Å². The van der Waals surface area contributed by atoms with E-state index in [1.165, 1.54) is 13.2 Å². The van der Waals surface area contributed by atoms with Gasteiger partial charge in [-0.15, -0.1) is 13.2 Å². The predicted octanol–water partition coefficient (Wildman–Crippen LogP) is 3.19. The van der Waals surface area contributed by atoms with Crippen LogP contribution in [0.3, 0.4) is 0 Å². The van der Waals surface area contributed by atoms with Crippen LogP contribution in [0.2, 0.25) is 0 Å². The lowest BCUT2D eigenvalue weighted by Gasteiger charge is -2.13. The molecule has 90 valence electrons. The number of methoxy groups -OCH3 is 1. The van der Waals surface area contributed by atoms with Crippen LogP contribution in [0.15, 0.2) is 6.07 Å². The molecule has 0 fully saturated rings. The first kappa shape index (κ1) is 13.1. The van der Waals surface area contributed by atoms with Gasteiger partial charge in [-0.05, 0) is 12.5 Å². The number of halogens is 4. The number of alkyl halides is 4. The first-order valence-electron chi connectivity index (χ1n) is 4.23. The average molecular weight is 300 g/mol. The fourth-order valence-corrected chi connectivity index (χ4v) is 1.61. The van der Waals surface area contributed by atoms with Crippen molar-refractivity contribution in [1.29, 1.82) is 0 Å². The topological polar surface area (TPSA) is 31.4 Å². The molecule has 3 nitrogen and oxygen atoms in total. The van der Waals surface area contributed by atoms with Gasteiger partial charge in [0.05, 0.1) is 12.8 Å². The second-order valence-electron chi connectivity index (χ2n) is 2.94. The van der Waals surface area contributed by atoms with Crippen LogP contribution >= 0.6 is 15.9 Å². The molecule has 0 aliphatic carbocycles. The Labute approximate surface area is 98.7 Å². The van der Waals surface area contributed by atoms with E-state index in [0.717, 1.165) is 0 Å². The van der Waals surface area contributed by atoms with Crippen molar-refractivity contribution in [2.24, 2.45) is 0 Å². The summed E-state index contributed by atoms with van der Waals surface area (Å²) in [6.07, 6.45) is -4.74. The minimum Gasteiger partial charge on any atom is -0.495 e. The summed E-state index contributed by atoms with van der Waals surface area (Å²) in [5.41, 5.74) is 0.896. The first-order valence-corrected chi connectivity index (χ1v) is 5.35. The second-order valence-corrected chi connectivity index (χ2v) is 3.50. The van der Waals surface area contributed by atoms with E-state index in [2.05, 4.69) is 25.7 Å². The molecule has 7 heteroatoms. The molecule has 1 aromatic rings. The predicted molar refractivity (Wildman–Crippen MR) is 54.8 cm³/mol. The molecule has 1 aromatic heterocycles. The molecule has 1 rings (SSSR count). The highest BCUT2D eigenvalue weighted by Gasteiger charge is 2.32. The normalized spacial score (nSPS) is 11.4. The van der Waals surface area contributed by atoms with Gasteiger partial charge < -0.3 is 9.47 Å².